The first-order valence-electron chi connectivity index (χ1n) is 8.50. The van der Waals surface area contributed by atoms with Crippen LogP contribution in [-0.2, 0) is 20.8 Å². The molecule has 0 fully saturated rings. The molecule has 8 nitrogen and oxygen atoms in total. The van der Waals surface area contributed by atoms with Gasteiger partial charge in [0.1, 0.15) is 18.2 Å². The number of aliphatic hydroxyl groups excluding tert-OH is 1. The van der Waals surface area contributed by atoms with Crippen molar-refractivity contribution >= 4 is 17.8 Å². The Morgan fingerprint density at radius 2 is 1.62 bits per heavy atom. The summed E-state index contributed by atoms with van der Waals surface area (Å²) < 4.78 is 0. The molecule has 0 aliphatic rings. The minimum absolute atomic E-state index is 0.0680. The fraction of sp³-hybridized carbons (Fsp3) is 0.500. The minimum atomic E-state index is -1.42. The number of nitrogens with one attached hydrogen (secondary N) is 2. The van der Waals surface area contributed by atoms with Crippen LogP contribution in [0.1, 0.15) is 25.8 Å². The molecule has 0 aliphatic heterocycles. The molecule has 0 unspecified atom stereocenters. The average molecular weight is 365 g/mol. The summed E-state index contributed by atoms with van der Waals surface area (Å²) in [6, 6.07) is 6.84. The van der Waals surface area contributed by atoms with Crippen molar-refractivity contribution < 1.29 is 24.6 Å². The molecule has 144 valence electrons. The highest BCUT2D eigenvalue weighted by Gasteiger charge is 2.28. The van der Waals surface area contributed by atoms with E-state index in [-0.39, 0.29) is 18.9 Å². The van der Waals surface area contributed by atoms with Crippen LogP contribution in [0.2, 0.25) is 0 Å². The molecule has 8 heteroatoms. The zero-order chi connectivity index (χ0) is 19.7. The maximum atomic E-state index is 12.5. The van der Waals surface area contributed by atoms with E-state index in [1.54, 1.807) is 24.3 Å². The topological polar surface area (TPSA) is 142 Å². The molecule has 0 aliphatic carbocycles. The van der Waals surface area contributed by atoms with Gasteiger partial charge in [-0.05, 0) is 17.9 Å². The van der Waals surface area contributed by atoms with Crippen LogP contribution in [0.3, 0.4) is 0 Å². The van der Waals surface area contributed by atoms with Gasteiger partial charge in [-0.25, -0.2) is 4.79 Å². The molecule has 0 bridgehead atoms. The number of aliphatic hydroxyl groups is 1. The first-order chi connectivity index (χ1) is 12.2. The number of hydrogen-bond donors (Lipinski definition) is 5. The van der Waals surface area contributed by atoms with Crippen molar-refractivity contribution in [3.05, 3.63) is 35.9 Å². The lowest BCUT2D eigenvalue weighted by atomic mass is 10.0. The van der Waals surface area contributed by atoms with Crippen LogP contribution in [0.15, 0.2) is 30.3 Å². The highest BCUT2D eigenvalue weighted by molar-refractivity contribution is 5.91. The predicted molar refractivity (Wildman–Crippen MR) is 96.2 cm³/mol. The summed E-state index contributed by atoms with van der Waals surface area (Å²) in [5, 5.41) is 23.8. The van der Waals surface area contributed by atoms with Gasteiger partial charge < -0.3 is 26.6 Å². The number of aliphatic carboxylic acids is 1. The van der Waals surface area contributed by atoms with Gasteiger partial charge in [-0.2, -0.15) is 0 Å². The second-order valence-electron chi connectivity index (χ2n) is 6.53. The van der Waals surface area contributed by atoms with E-state index in [0.717, 1.165) is 5.56 Å². The number of benzene rings is 1. The number of carbonyl (C=O) groups excluding carboxylic acids is 2. The van der Waals surface area contributed by atoms with E-state index in [0.29, 0.717) is 6.42 Å². The van der Waals surface area contributed by atoms with E-state index in [1.807, 2.05) is 19.9 Å². The first-order valence-corrected chi connectivity index (χ1v) is 8.50. The predicted octanol–water partition coefficient (Wildman–Crippen LogP) is -0.351. The van der Waals surface area contributed by atoms with E-state index in [1.165, 1.54) is 0 Å². The summed E-state index contributed by atoms with van der Waals surface area (Å²) in [5.74, 6) is -2.47. The Hall–Kier alpha value is -2.45. The third kappa shape index (κ3) is 7.20. The third-order valence-electron chi connectivity index (χ3n) is 3.76. The Balaban J connectivity index is 2.83. The molecule has 0 saturated heterocycles. The van der Waals surface area contributed by atoms with Gasteiger partial charge in [0.2, 0.25) is 5.91 Å². The van der Waals surface area contributed by atoms with Crippen LogP contribution in [-0.4, -0.2) is 52.7 Å². The zero-order valence-corrected chi connectivity index (χ0v) is 15.0. The summed E-state index contributed by atoms with van der Waals surface area (Å²) in [6.45, 7) is 3.46. The lowest BCUT2D eigenvalue weighted by Crippen LogP contribution is -2.54. The summed E-state index contributed by atoms with van der Waals surface area (Å²) in [4.78, 5) is 35.9. The van der Waals surface area contributed by atoms with E-state index >= 15 is 0 Å². The highest BCUT2D eigenvalue weighted by atomic mass is 16.4. The molecule has 3 atom stereocenters. The molecule has 0 aromatic heterocycles. The summed E-state index contributed by atoms with van der Waals surface area (Å²) in [5.41, 5.74) is 6.01. The Morgan fingerprint density at radius 3 is 2.12 bits per heavy atom. The Bertz CT molecular complexity index is 606. The monoisotopic (exact) mass is 365 g/mol. The molecular weight excluding hydrogens is 338 g/mol. The lowest BCUT2D eigenvalue weighted by Gasteiger charge is -2.23. The minimum Gasteiger partial charge on any atom is -0.480 e. The molecule has 1 aromatic carbocycles. The van der Waals surface area contributed by atoms with Gasteiger partial charge in [-0.1, -0.05) is 44.2 Å². The van der Waals surface area contributed by atoms with Gasteiger partial charge in [0.25, 0.3) is 5.91 Å². The molecule has 0 saturated carbocycles. The van der Waals surface area contributed by atoms with E-state index in [2.05, 4.69) is 10.6 Å². The van der Waals surface area contributed by atoms with Crippen LogP contribution in [0, 0.1) is 5.92 Å². The van der Waals surface area contributed by atoms with Crippen LogP contribution >= 0.6 is 0 Å². The van der Waals surface area contributed by atoms with Crippen molar-refractivity contribution in [1.82, 2.24) is 10.6 Å². The van der Waals surface area contributed by atoms with E-state index in [4.69, 9.17) is 5.73 Å². The number of hydrogen-bond acceptors (Lipinski definition) is 5. The third-order valence-corrected chi connectivity index (χ3v) is 3.76. The Morgan fingerprint density at radius 1 is 1.04 bits per heavy atom. The Kier molecular flexibility index (Phi) is 8.74. The number of carboxylic acids is 1. The molecule has 0 radical (unpaired) electrons. The highest BCUT2D eigenvalue weighted by Crippen LogP contribution is 2.08. The van der Waals surface area contributed by atoms with Gasteiger partial charge in [0, 0.05) is 13.0 Å². The summed E-state index contributed by atoms with van der Waals surface area (Å²) in [7, 11) is 0. The van der Waals surface area contributed by atoms with Gasteiger partial charge in [-0.3, -0.25) is 9.59 Å². The van der Waals surface area contributed by atoms with Crippen molar-refractivity contribution in [3.8, 4) is 0 Å². The molecule has 1 rings (SSSR count). The van der Waals surface area contributed by atoms with E-state index in [9.17, 15) is 24.6 Å². The smallest absolute Gasteiger partial charge is 0.326 e. The second kappa shape index (κ2) is 10.5. The quantitative estimate of drug-likeness (QED) is 0.384. The number of nitrogens with two attached hydrogens (primary N) is 1. The molecule has 6 N–H and O–H groups in total. The van der Waals surface area contributed by atoms with Gasteiger partial charge in [0.05, 0.1) is 0 Å². The van der Waals surface area contributed by atoms with Crippen LogP contribution in [0.5, 0.6) is 0 Å². The molecule has 1 aromatic rings. The fourth-order valence-corrected chi connectivity index (χ4v) is 2.40. The number of carboxylic acid groups (broad SMARTS) is 1. The maximum Gasteiger partial charge on any atom is 0.326 e. The van der Waals surface area contributed by atoms with Crippen molar-refractivity contribution in [2.24, 2.45) is 11.7 Å². The largest absolute Gasteiger partial charge is 0.480 e. The van der Waals surface area contributed by atoms with Crippen molar-refractivity contribution in [1.29, 1.82) is 0 Å². The standard InChI is InChI=1S/C18H27N3O5/c1-11(2)8-13(20-17(24)15(22)10-19)16(23)21-14(18(25)26)9-12-6-4-3-5-7-12/h3-7,11,13-15,22H,8-10,19H2,1-2H3,(H,20,24)(H,21,23)(H,25,26)/t13-,14-,15-/m0/s1. The molecule has 0 heterocycles. The normalized spacial score (nSPS) is 14.3. The second-order valence-corrected chi connectivity index (χ2v) is 6.53. The summed E-state index contributed by atoms with van der Waals surface area (Å²) >= 11 is 0. The van der Waals surface area contributed by atoms with Crippen molar-refractivity contribution in [2.45, 2.75) is 44.9 Å². The maximum absolute atomic E-state index is 12.5. The first kappa shape index (κ1) is 21.6. The SMILES string of the molecule is CC(C)C[C@H](NC(=O)[C@@H](O)CN)C(=O)N[C@@H](Cc1ccccc1)C(=O)O. The van der Waals surface area contributed by atoms with Gasteiger partial charge in [0.15, 0.2) is 0 Å². The van der Waals surface area contributed by atoms with Crippen molar-refractivity contribution in [3.63, 3.8) is 0 Å². The van der Waals surface area contributed by atoms with Crippen LogP contribution in [0.25, 0.3) is 0 Å². The Labute approximate surface area is 152 Å². The molecule has 0 spiro atoms. The fourth-order valence-electron chi connectivity index (χ4n) is 2.40. The van der Waals surface area contributed by atoms with E-state index < -0.39 is 36.0 Å². The lowest BCUT2D eigenvalue weighted by molar-refractivity contribution is -0.142. The summed E-state index contributed by atoms with van der Waals surface area (Å²) in [6.07, 6.45) is -1.00. The molecular formula is C18H27N3O5. The number of carbonyl (C=O) groups is 3. The van der Waals surface area contributed by atoms with Crippen LogP contribution < -0.4 is 16.4 Å². The number of amides is 2. The number of rotatable bonds is 10. The molecule has 2 amide bonds. The van der Waals surface area contributed by atoms with Gasteiger partial charge >= 0.3 is 5.97 Å². The zero-order valence-electron chi connectivity index (χ0n) is 15.0. The van der Waals surface area contributed by atoms with Crippen molar-refractivity contribution in [2.75, 3.05) is 6.54 Å². The average Bonchev–Trinajstić information content (AvgIpc) is 2.60. The molecule has 26 heavy (non-hydrogen) atoms. The van der Waals surface area contributed by atoms with Gasteiger partial charge in [-0.15, -0.1) is 0 Å². The van der Waals surface area contributed by atoms with Crippen LogP contribution in [0.4, 0.5) is 0 Å².